The maximum Gasteiger partial charge on any atom is 0.339 e. The van der Waals surface area contributed by atoms with E-state index in [4.69, 9.17) is 5.11 Å². The molecule has 0 spiro atoms. The maximum absolute atomic E-state index is 13.5. The van der Waals surface area contributed by atoms with E-state index in [2.05, 4.69) is 20.9 Å². The number of pyridine rings is 1. The van der Waals surface area contributed by atoms with Crippen molar-refractivity contribution in [2.75, 3.05) is 0 Å². The van der Waals surface area contributed by atoms with E-state index in [-0.39, 0.29) is 10.0 Å². The lowest BCUT2D eigenvalue weighted by molar-refractivity contribution is 0.0694. The van der Waals surface area contributed by atoms with Crippen molar-refractivity contribution in [3.63, 3.8) is 0 Å². The first kappa shape index (κ1) is 10.0. The van der Waals surface area contributed by atoms with Crippen LogP contribution in [0.2, 0.25) is 0 Å². The first-order valence-electron chi connectivity index (χ1n) is 4.07. The van der Waals surface area contributed by atoms with Gasteiger partial charge in [-0.3, -0.25) is 4.98 Å². The minimum Gasteiger partial charge on any atom is -0.478 e. The van der Waals surface area contributed by atoms with Crippen molar-refractivity contribution < 1.29 is 14.3 Å². The summed E-state index contributed by atoms with van der Waals surface area (Å²) in [5, 5.41) is 9.20. The van der Waals surface area contributed by atoms with Gasteiger partial charge in [0.1, 0.15) is 5.56 Å². The molecule has 2 rings (SSSR count). The Morgan fingerprint density at radius 2 is 2.27 bits per heavy atom. The number of halogens is 2. The number of nitrogens with zero attached hydrogens (tertiary/aromatic N) is 1. The average Bonchev–Trinajstić information content (AvgIpc) is 2.19. The van der Waals surface area contributed by atoms with E-state index >= 15 is 0 Å². The van der Waals surface area contributed by atoms with Crippen molar-refractivity contribution in [3.05, 3.63) is 40.2 Å². The minimum atomic E-state index is -1.30. The average molecular weight is 270 g/mol. The second-order valence-electron chi connectivity index (χ2n) is 2.92. The molecule has 1 aromatic heterocycles. The monoisotopic (exact) mass is 269 g/mol. The zero-order valence-corrected chi connectivity index (χ0v) is 8.95. The van der Waals surface area contributed by atoms with Gasteiger partial charge < -0.3 is 5.11 Å². The Balaban J connectivity index is 2.95. The number of aromatic nitrogens is 1. The number of carbonyl (C=O) groups is 1. The number of carboxylic acids is 1. The highest BCUT2D eigenvalue weighted by Crippen LogP contribution is 2.26. The lowest BCUT2D eigenvalue weighted by Crippen LogP contribution is -2.03. The SMILES string of the molecule is O=C(O)c1c(F)c(Br)cc2ncccc12. The molecule has 0 radical (unpaired) electrons. The highest BCUT2D eigenvalue weighted by atomic mass is 79.9. The van der Waals surface area contributed by atoms with Crippen LogP contribution in [0.15, 0.2) is 28.9 Å². The number of rotatable bonds is 1. The van der Waals surface area contributed by atoms with Crippen LogP contribution < -0.4 is 0 Å². The number of carboxylic acid groups (broad SMARTS) is 1. The van der Waals surface area contributed by atoms with E-state index in [9.17, 15) is 9.18 Å². The third kappa shape index (κ3) is 1.59. The van der Waals surface area contributed by atoms with Crippen LogP contribution in [0.25, 0.3) is 10.9 Å². The smallest absolute Gasteiger partial charge is 0.339 e. The molecule has 0 amide bonds. The maximum atomic E-state index is 13.5. The molecule has 0 bridgehead atoms. The second-order valence-corrected chi connectivity index (χ2v) is 3.78. The Bertz CT molecular complexity index is 556. The van der Waals surface area contributed by atoms with Crippen LogP contribution in [0.1, 0.15) is 10.4 Å². The van der Waals surface area contributed by atoms with Gasteiger partial charge >= 0.3 is 5.97 Å². The summed E-state index contributed by atoms with van der Waals surface area (Å²) in [5.74, 6) is -2.07. The van der Waals surface area contributed by atoms with Gasteiger partial charge in [0.05, 0.1) is 9.99 Å². The largest absolute Gasteiger partial charge is 0.478 e. The summed E-state index contributed by atoms with van der Waals surface area (Å²) in [7, 11) is 0. The van der Waals surface area contributed by atoms with Gasteiger partial charge in [-0.1, -0.05) is 6.07 Å². The normalized spacial score (nSPS) is 10.5. The van der Waals surface area contributed by atoms with Gasteiger partial charge in [-0.05, 0) is 28.1 Å². The molecular weight excluding hydrogens is 265 g/mol. The first-order valence-corrected chi connectivity index (χ1v) is 4.86. The standard InChI is InChI=1S/C10H5BrFNO2/c11-6-4-7-5(2-1-3-13-7)8(9(6)12)10(14)15/h1-4H,(H,14,15). The van der Waals surface area contributed by atoms with E-state index in [1.807, 2.05) is 0 Å². The van der Waals surface area contributed by atoms with Crippen molar-refractivity contribution in [2.45, 2.75) is 0 Å². The van der Waals surface area contributed by atoms with Crippen molar-refractivity contribution >= 4 is 32.8 Å². The summed E-state index contributed by atoms with van der Waals surface area (Å²) in [4.78, 5) is 14.9. The highest BCUT2D eigenvalue weighted by molar-refractivity contribution is 9.10. The van der Waals surface area contributed by atoms with Crippen LogP contribution in [-0.2, 0) is 0 Å². The number of hydrogen-bond donors (Lipinski definition) is 1. The Labute approximate surface area is 92.7 Å². The summed E-state index contributed by atoms with van der Waals surface area (Å²) in [6.07, 6.45) is 1.53. The predicted molar refractivity (Wildman–Crippen MR) is 56.4 cm³/mol. The quantitative estimate of drug-likeness (QED) is 0.866. The van der Waals surface area contributed by atoms with Gasteiger partial charge in [0.15, 0.2) is 5.82 Å². The Kier molecular flexibility index (Phi) is 2.40. The zero-order valence-electron chi connectivity index (χ0n) is 7.37. The van der Waals surface area contributed by atoms with Crippen molar-refractivity contribution in [1.29, 1.82) is 0 Å². The fourth-order valence-corrected chi connectivity index (χ4v) is 1.79. The van der Waals surface area contributed by atoms with Gasteiger partial charge in [-0.25, -0.2) is 9.18 Å². The number of aromatic carboxylic acids is 1. The van der Waals surface area contributed by atoms with E-state index in [0.29, 0.717) is 10.9 Å². The summed E-state index contributed by atoms with van der Waals surface area (Å²) < 4.78 is 13.6. The lowest BCUT2D eigenvalue weighted by atomic mass is 10.1. The van der Waals surface area contributed by atoms with Crippen molar-refractivity contribution in [2.24, 2.45) is 0 Å². The molecule has 0 saturated heterocycles. The van der Waals surface area contributed by atoms with E-state index in [1.54, 1.807) is 6.07 Å². The topological polar surface area (TPSA) is 50.2 Å². The van der Waals surface area contributed by atoms with Crippen LogP contribution in [0, 0.1) is 5.82 Å². The molecule has 5 heteroatoms. The molecule has 76 valence electrons. The van der Waals surface area contributed by atoms with E-state index < -0.39 is 11.8 Å². The van der Waals surface area contributed by atoms with Crippen LogP contribution in [0.3, 0.4) is 0 Å². The summed E-state index contributed by atoms with van der Waals surface area (Å²) in [5.41, 5.74) is 0.0932. The fourth-order valence-electron chi connectivity index (χ4n) is 1.37. The molecule has 1 aromatic carbocycles. The van der Waals surface area contributed by atoms with Gasteiger partial charge in [0.2, 0.25) is 0 Å². The molecule has 3 nitrogen and oxygen atoms in total. The molecule has 0 fully saturated rings. The van der Waals surface area contributed by atoms with Crippen LogP contribution >= 0.6 is 15.9 Å². The third-order valence-corrected chi connectivity index (χ3v) is 2.59. The third-order valence-electron chi connectivity index (χ3n) is 2.01. The molecular formula is C10H5BrFNO2. The Hall–Kier alpha value is -1.49. The molecule has 1 N–H and O–H groups in total. The van der Waals surface area contributed by atoms with Gasteiger partial charge in [-0.15, -0.1) is 0 Å². The van der Waals surface area contributed by atoms with Crippen LogP contribution in [0.5, 0.6) is 0 Å². The molecule has 0 aliphatic heterocycles. The number of benzene rings is 1. The van der Waals surface area contributed by atoms with Gasteiger partial charge in [0.25, 0.3) is 0 Å². The minimum absolute atomic E-state index is 0.103. The number of hydrogen-bond acceptors (Lipinski definition) is 2. The molecule has 0 saturated carbocycles. The molecule has 0 aliphatic rings. The van der Waals surface area contributed by atoms with Crippen LogP contribution in [0.4, 0.5) is 4.39 Å². The molecule has 1 heterocycles. The fraction of sp³-hybridized carbons (Fsp3) is 0. The van der Waals surface area contributed by atoms with Crippen molar-refractivity contribution in [3.8, 4) is 0 Å². The van der Waals surface area contributed by atoms with Crippen molar-refractivity contribution in [1.82, 2.24) is 4.98 Å². The van der Waals surface area contributed by atoms with Gasteiger partial charge in [0, 0.05) is 11.6 Å². The molecule has 0 unspecified atom stereocenters. The Morgan fingerprint density at radius 3 is 2.93 bits per heavy atom. The second kappa shape index (κ2) is 3.58. The summed E-state index contributed by atoms with van der Waals surface area (Å²) >= 11 is 2.96. The Morgan fingerprint density at radius 1 is 1.53 bits per heavy atom. The van der Waals surface area contributed by atoms with Gasteiger partial charge in [-0.2, -0.15) is 0 Å². The lowest BCUT2D eigenvalue weighted by Gasteiger charge is -2.04. The summed E-state index contributed by atoms with van der Waals surface area (Å²) in [6.45, 7) is 0. The highest BCUT2D eigenvalue weighted by Gasteiger charge is 2.17. The molecule has 0 atom stereocenters. The molecule has 0 aliphatic carbocycles. The van der Waals surface area contributed by atoms with Crippen LogP contribution in [-0.4, -0.2) is 16.1 Å². The molecule has 15 heavy (non-hydrogen) atoms. The predicted octanol–water partition coefficient (Wildman–Crippen LogP) is 2.83. The number of fused-ring (bicyclic) bond motifs is 1. The van der Waals surface area contributed by atoms with E-state index in [1.165, 1.54) is 18.3 Å². The summed E-state index contributed by atoms with van der Waals surface area (Å²) in [6, 6.07) is 4.56. The zero-order chi connectivity index (χ0) is 11.0. The molecule has 2 aromatic rings. The first-order chi connectivity index (χ1) is 7.11. The van der Waals surface area contributed by atoms with E-state index in [0.717, 1.165) is 0 Å².